The number of H-pyrrole nitrogens is 2. The molecule has 198 valence electrons. The van der Waals surface area contributed by atoms with Gasteiger partial charge in [-0.05, 0) is 61.6 Å². The molecule has 7 N–H and O–H groups in total. The van der Waals surface area contributed by atoms with E-state index in [-0.39, 0.29) is 11.7 Å². The number of fused-ring (bicyclic) bond motifs is 1. The third-order valence-electron chi connectivity index (χ3n) is 7.93. The molecule has 2 amide bonds. The number of aromatic nitrogens is 4. The van der Waals surface area contributed by atoms with Gasteiger partial charge in [0.15, 0.2) is 5.82 Å². The summed E-state index contributed by atoms with van der Waals surface area (Å²) in [5, 5.41) is 24.6. The van der Waals surface area contributed by atoms with Gasteiger partial charge in [-0.15, -0.1) is 0 Å². The average molecular weight is 509 g/mol. The lowest BCUT2D eigenvalue weighted by Crippen LogP contribution is -2.50. The molecule has 2 aliphatic rings. The number of aromatic amines is 2. The summed E-state index contributed by atoms with van der Waals surface area (Å²) in [4.78, 5) is 40.2. The van der Waals surface area contributed by atoms with E-state index in [2.05, 4.69) is 25.3 Å². The summed E-state index contributed by atoms with van der Waals surface area (Å²) in [7, 11) is 0. The molecule has 10 heteroatoms. The highest BCUT2D eigenvalue weighted by atomic mass is 16.3. The Morgan fingerprint density at radius 2 is 1.89 bits per heavy atom. The number of carbonyl (C=O) groups excluding carboxylic acids is 2. The monoisotopic (exact) mass is 508 g/mol. The van der Waals surface area contributed by atoms with Crippen LogP contribution in [-0.4, -0.2) is 60.2 Å². The minimum atomic E-state index is -1.03. The number of rotatable bonds is 11. The van der Waals surface area contributed by atoms with E-state index in [1.165, 1.54) is 6.42 Å². The van der Waals surface area contributed by atoms with Crippen molar-refractivity contribution in [2.24, 2.45) is 17.6 Å². The standard InChI is InChI=1S/C27H36N6O4/c28-25(36)19-10-11-20-22(18(19)9-8-17-13-29-14-30-17)33-26(31-20)27(37)32-21(12-15-4-2-1-3-5-15)24(35)23(34)16-6-7-16/h10-11,13-16,21,23-24,34-35H,1-9,12H2,(H2,28,36)(H,29,30)(H,31,33)(H,32,37)/t21-,23-,24+/m0/s1. The largest absolute Gasteiger partial charge is 0.390 e. The molecule has 0 radical (unpaired) electrons. The smallest absolute Gasteiger partial charge is 0.287 e. The van der Waals surface area contributed by atoms with Crippen LogP contribution in [0.25, 0.3) is 11.0 Å². The molecule has 5 rings (SSSR count). The van der Waals surface area contributed by atoms with Crippen LogP contribution in [0.5, 0.6) is 0 Å². The predicted molar refractivity (Wildman–Crippen MR) is 138 cm³/mol. The van der Waals surface area contributed by atoms with Gasteiger partial charge in [0.2, 0.25) is 5.91 Å². The molecule has 0 spiro atoms. The predicted octanol–water partition coefficient (Wildman–Crippen LogP) is 2.37. The molecule has 0 aliphatic heterocycles. The fraction of sp³-hybridized carbons (Fsp3) is 0.556. The SMILES string of the molecule is NC(=O)c1ccc2nc(C(=O)N[C@@H](CC3CCCCC3)[C@@H](O)[C@@H](O)C3CC3)[nH]c2c1CCc1c[nH]cn1. The first-order valence-electron chi connectivity index (χ1n) is 13.4. The van der Waals surface area contributed by atoms with E-state index in [0.29, 0.717) is 47.3 Å². The molecule has 2 aromatic heterocycles. The summed E-state index contributed by atoms with van der Waals surface area (Å²) >= 11 is 0. The maximum atomic E-state index is 13.4. The number of aliphatic hydroxyl groups is 2. The van der Waals surface area contributed by atoms with E-state index in [4.69, 9.17) is 5.73 Å². The van der Waals surface area contributed by atoms with Crippen molar-refractivity contribution in [3.05, 3.63) is 47.3 Å². The molecule has 2 aliphatic carbocycles. The van der Waals surface area contributed by atoms with Crippen LogP contribution in [0.2, 0.25) is 0 Å². The summed E-state index contributed by atoms with van der Waals surface area (Å²) in [6, 6.07) is 2.74. The summed E-state index contributed by atoms with van der Waals surface area (Å²) in [6.45, 7) is 0. The number of nitrogens with one attached hydrogen (secondary N) is 3. The van der Waals surface area contributed by atoms with Crippen molar-refractivity contribution in [3.63, 3.8) is 0 Å². The number of amides is 2. The number of aryl methyl sites for hydroxylation is 2. The number of nitrogens with two attached hydrogens (primary N) is 1. The van der Waals surface area contributed by atoms with Crippen molar-refractivity contribution in [3.8, 4) is 0 Å². The van der Waals surface area contributed by atoms with Gasteiger partial charge in [-0.3, -0.25) is 9.59 Å². The number of hydrogen-bond acceptors (Lipinski definition) is 6. The van der Waals surface area contributed by atoms with E-state index in [0.717, 1.165) is 44.2 Å². The number of aliphatic hydroxyl groups excluding tert-OH is 2. The zero-order chi connectivity index (χ0) is 25.9. The topological polar surface area (TPSA) is 170 Å². The quantitative estimate of drug-likeness (QED) is 0.232. The third kappa shape index (κ3) is 5.86. The summed E-state index contributed by atoms with van der Waals surface area (Å²) in [5.74, 6) is -0.402. The maximum Gasteiger partial charge on any atom is 0.287 e. The number of hydrogen-bond donors (Lipinski definition) is 6. The Balaban J connectivity index is 1.38. The minimum Gasteiger partial charge on any atom is -0.390 e. The lowest BCUT2D eigenvalue weighted by molar-refractivity contribution is -0.0203. The van der Waals surface area contributed by atoms with E-state index in [1.54, 1.807) is 24.7 Å². The molecule has 0 unspecified atom stereocenters. The summed E-state index contributed by atoms with van der Waals surface area (Å²) < 4.78 is 0. The number of primary amides is 1. The van der Waals surface area contributed by atoms with Gasteiger partial charge in [-0.1, -0.05) is 32.1 Å². The molecule has 0 saturated heterocycles. The van der Waals surface area contributed by atoms with Gasteiger partial charge in [-0.2, -0.15) is 0 Å². The fourth-order valence-electron chi connectivity index (χ4n) is 5.67. The Labute approximate surface area is 215 Å². The van der Waals surface area contributed by atoms with E-state index < -0.39 is 30.1 Å². The summed E-state index contributed by atoms with van der Waals surface area (Å²) in [5.41, 5.74) is 8.68. The van der Waals surface area contributed by atoms with Gasteiger partial charge in [0, 0.05) is 11.8 Å². The van der Waals surface area contributed by atoms with Crippen molar-refractivity contribution in [2.75, 3.05) is 0 Å². The van der Waals surface area contributed by atoms with Crippen molar-refractivity contribution in [1.29, 1.82) is 0 Å². The second kappa shape index (κ2) is 11.0. The van der Waals surface area contributed by atoms with Crippen LogP contribution in [0, 0.1) is 11.8 Å². The van der Waals surface area contributed by atoms with Crippen LogP contribution in [-0.2, 0) is 12.8 Å². The van der Waals surface area contributed by atoms with Crippen molar-refractivity contribution >= 4 is 22.8 Å². The molecule has 10 nitrogen and oxygen atoms in total. The highest BCUT2D eigenvalue weighted by molar-refractivity contribution is 6.01. The van der Waals surface area contributed by atoms with Gasteiger partial charge in [-0.25, -0.2) is 9.97 Å². The highest BCUT2D eigenvalue weighted by Crippen LogP contribution is 2.36. The molecule has 3 aromatic rings. The van der Waals surface area contributed by atoms with Crippen LogP contribution in [0.15, 0.2) is 24.7 Å². The van der Waals surface area contributed by atoms with Gasteiger partial charge in [0.05, 0.1) is 35.2 Å². The van der Waals surface area contributed by atoms with Crippen LogP contribution < -0.4 is 11.1 Å². The first-order chi connectivity index (χ1) is 17.9. The maximum absolute atomic E-state index is 13.4. The van der Waals surface area contributed by atoms with Crippen LogP contribution in [0.3, 0.4) is 0 Å². The number of nitrogens with zero attached hydrogens (tertiary/aromatic N) is 2. The Kier molecular flexibility index (Phi) is 7.57. The average Bonchev–Trinajstić information content (AvgIpc) is 3.43. The Bertz CT molecular complexity index is 1230. The molecule has 2 saturated carbocycles. The molecular weight excluding hydrogens is 472 g/mol. The number of imidazole rings is 2. The van der Waals surface area contributed by atoms with Gasteiger partial charge in [0.1, 0.15) is 6.10 Å². The second-order valence-corrected chi connectivity index (χ2v) is 10.6. The minimum absolute atomic E-state index is 0.0938. The Hall–Kier alpha value is -3.24. The Morgan fingerprint density at radius 1 is 1.11 bits per heavy atom. The first kappa shape index (κ1) is 25.4. The lowest BCUT2D eigenvalue weighted by Gasteiger charge is -2.32. The third-order valence-corrected chi connectivity index (χ3v) is 7.93. The molecule has 3 atom stereocenters. The normalized spacial score (nSPS) is 19.0. The van der Waals surface area contributed by atoms with Crippen LogP contribution in [0.4, 0.5) is 0 Å². The van der Waals surface area contributed by atoms with E-state index in [9.17, 15) is 19.8 Å². The van der Waals surface area contributed by atoms with Crippen LogP contribution in [0.1, 0.15) is 83.6 Å². The van der Waals surface area contributed by atoms with Gasteiger partial charge >= 0.3 is 0 Å². The highest BCUT2D eigenvalue weighted by Gasteiger charge is 2.39. The molecule has 1 aromatic carbocycles. The molecule has 2 fully saturated rings. The molecule has 0 bridgehead atoms. The van der Waals surface area contributed by atoms with Crippen LogP contribution >= 0.6 is 0 Å². The van der Waals surface area contributed by atoms with Crippen molar-refractivity contribution < 1.29 is 19.8 Å². The Morgan fingerprint density at radius 3 is 2.57 bits per heavy atom. The molecular formula is C27H36N6O4. The molecule has 2 heterocycles. The zero-order valence-electron chi connectivity index (χ0n) is 20.9. The summed E-state index contributed by atoms with van der Waals surface area (Å²) in [6.07, 6.45) is 10.7. The van der Waals surface area contributed by atoms with Gasteiger partial charge in [0.25, 0.3) is 5.91 Å². The fourth-order valence-corrected chi connectivity index (χ4v) is 5.67. The van der Waals surface area contributed by atoms with E-state index in [1.807, 2.05) is 0 Å². The lowest BCUT2D eigenvalue weighted by atomic mass is 9.82. The number of carbonyl (C=O) groups is 2. The molecule has 37 heavy (non-hydrogen) atoms. The zero-order valence-corrected chi connectivity index (χ0v) is 20.9. The first-order valence-corrected chi connectivity index (χ1v) is 13.4. The number of benzene rings is 1. The van der Waals surface area contributed by atoms with Gasteiger partial charge < -0.3 is 31.2 Å². The second-order valence-electron chi connectivity index (χ2n) is 10.6. The van der Waals surface area contributed by atoms with Crippen molar-refractivity contribution in [1.82, 2.24) is 25.3 Å². The van der Waals surface area contributed by atoms with E-state index >= 15 is 0 Å². The van der Waals surface area contributed by atoms with Crippen molar-refractivity contribution in [2.45, 2.75) is 82.5 Å².